The van der Waals surface area contributed by atoms with E-state index in [1.54, 1.807) is 25.1 Å². The number of phenolic OH excluding ortho intramolecular Hbond substituents is 1. The van der Waals surface area contributed by atoms with Gasteiger partial charge < -0.3 is 16.2 Å². The van der Waals surface area contributed by atoms with Crippen molar-refractivity contribution in [1.82, 2.24) is 0 Å². The molecule has 0 aliphatic heterocycles. The maximum atomic E-state index is 11.6. The van der Waals surface area contributed by atoms with E-state index in [4.69, 9.17) is 5.73 Å². The molecule has 0 aliphatic carbocycles. The first-order chi connectivity index (χ1) is 17.1. The lowest BCUT2D eigenvalue weighted by Gasteiger charge is -2.11. The van der Waals surface area contributed by atoms with Crippen molar-refractivity contribution in [2.24, 2.45) is 20.5 Å². The number of hydrogen-bond donors (Lipinski definition) is 4. The minimum atomic E-state index is -4.49. The molecular formula is C25H24N6O4S. The summed E-state index contributed by atoms with van der Waals surface area (Å²) in [6.45, 7) is 3.72. The summed E-state index contributed by atoms with van der Waals surface area (Å²) in [6.07, 6.45) is 0. The van der Waals surface area contributed by atoms with E-state index in [-0.39, 0.29) is 33.4 Å². The molecule has 0 atom stereocenters. The number of hydrogen-bond acceptors (Lipinski definition) is 9. The van der Waals surface area contributed by atoms with Crippen molar-refractivity contribution in [2.45, 2.75) is 18.7 Å². The van der Waals surface area contributed by atoms with E-state index in [9.17, 15) is 18.1 Å². The number of aryl methyl sites for hydroxylation is 2. The molecule has 184 valence electrons. The number of nitrogens with zero attached hydrogens (tertiary/aromatic N) is 4. The molecule has 0 radical (unpaired) electrons. The van der Waals surface area contributed by atoms with Gasteiger partial charge in [-0.25, -0.2) is 0 Å². The number of anilines is 2. The molecule has 0 unspecified atom stereocenters. The zero-order valence-electron chi connectivity index (χ0n) is 19.8. The first-order valence-electron chi connectivity index (χ1n) is 10.8. The van der Waals surface area contributed by atoms with Crippen molar-refractivity contribution in [2.75, 3.05) is 18.1 Å². The Balaban J connectivity index is 1.79. The standard InChI is InChI=1S/C25H24N6O4S/c1-14-8-10-17(27-3)13-20(14)30-31-24-15(2)12-16-9-11-19(23(26)22(16)25(24)32)29-28-18-6-4-5-7-21(18)36(33,34)35/h4-13,27,32H,26H2,1-3H3,(H,33,34,35). The molecule has 0 bridgehead atoms. The number of nitrogens with one attached hydrogen (secondary N) is 1. The van der Waals surface area contributed by atoms with Gasteiger partial charge in [-0.15, -0.1) is 15.3 Å². The van der Waals surface area contributed by atoms with Gasteiger partial charge in [0.15, 0.2) is 5.75 Å². The minimum absolute atomic E-state index is 0.0544. The van der Waals surface area contributed by atoms with Gasteiger partial charge in [0.2, 0.25) is 0 Å². The molecule has 0 aromatic heterocycles. The molecule has 0 heterocycles. The lowest BCUT2D eigenvalue weighted by atomic mass is 10.0. The van der Waals surface area contributed by atoms with E-state index in [2.05, 4.69) is 25.8 Å². The van der Waals surface area contributed by atoms with Crippen LogP contribution in [-0.2, 0) is 10.1 Å². The van der Waals surface area contributed by atoms with Crippen LogP contribution in [0.1, 0.15) is 11.1 Å². The summed E-state index contributed by atoms with van der Waals surface area (Å²) in [5, 5.41) is 31.8. The van der Waals surface area contributed by atoms with E-state index in [0.717, 1.165) is 11.3 Å². The molecule has 4 rings (SSSR count). The average Bonchev–Trinajstić information content (AvgIpc) is 2.84. The lowest BCUT2D eigenvalue weighted by molar-refractivity contribution is 0.482. The van der Waals surface area contributed by atoms with Crippen LogP contribution < -0.4 is 11.1 Å². The molecule has 11 heteroatoms. The van der Waals surface area contributed by atoms with E-state index < -0.39 is 10.1 Å². The minimum Gasteiger partial charge on any atom is -0.505 e. The van der Waals surface area contributed by atoms with Crippen molar-refractivity contribution in [3.05, 3.63) is 71.8 Å². The fourth-order valence-electron chi connectivity index (χ4n) is 3.67. The summed E-state index contributed by atoms with van der Waals surface area (Å²) in [5.41, 5.74) is 10.0. The van der Waals surface area contributed by atoms with E-state index in [0.29, 0.717) is 22.0 Å². The summed E-state index contributed by atoms with van der Waals surface area (Å²) < 4.78 is 32.7. The fourth-order valence-corrected chi connectivity index (χ4v) is 4.30. The van der Waals surface area contributed by atoms with Crippen LogP contribution in [0.3, 0.4) is 0 Å². The summed E-state index contributed by atoms with van der Waals surface area (Å²) in [5.74, 6) is -0.163. The number of phenols is 1. The fraction of sp³-hybridized carbons (Fsp3) is 0.120. The van der Waals surface area contributed by atoms with Gasteiger partial charge >= 0.3 is 0 Å². The zero-order valence-corrected chi connectivity index (χ0v) is 20.6. The molecule has 4 aromatic carbocycles. The number of fused-ring (bicyclic) bond motifs is 1. The maximum absolute atomic E-state index is 11.6. The molecule has 0 aliphatic rings. The molecule has 0 spiro atoms. The monoisotopic (exact) mass is 504 g/mol. The highest BCUT2D eigenvalue weighted by Crippen LogP contribution is 2.44. The highest BCUT2D eigenvalue weighted by atomic mass is 32.2. The Morgan fingerprint density at radius 2 is 1.53 bits per heavy atom. The molecule has 36 heavy (non-hydrogen) atoms. The van der Waals surface area contributed by atoms with Gasteiger partial charge in [0.1, 0.15) is 22.0 Å². The largest absolute Gasteiger partial charge is 0.505 e. The molecule has 0 fully saturated rings. The lowest BCUT2D eigenvalue weighted by Crippen LogP contribution is -1.97. The number of nitrogens with two attached hydrogens (primary N) is 1. The van der Waals surface area contributed by atoms with Crippen LogP contribution in [0, 0.1) is 13.8 Å². The third kappa shape index (κ3) is 4.88. The van der Waals surface area contributed by atoms with Crippen molar-refractivity contribution in [1.29, 1.82) is 0 Å². The summed E-state index contributed by atoms with van der Waals surface area (Å²) in [7, 11) is -2.68. The SMILES string of the molecule is CNc1ccc(C)c(N=Nc2c(C)cc3ccc(N=Nc4ccccc4S(=O)(=O)O)c(N)c3c2O)c1. The van der Waals surface area contributed by atoms with Crippen molar-refractivity contribution in [3.8, 4) is 5.75 Å². The second kappa shape index (κ2) is 9.72. The molecule has 10 nitrogen and oxygen atoms in total. The van der Waals surface area contributed by atoms with Crippen LogP contribution in [0.4, 0.5) is 34.1 Å². The van der Waals surface area contributed by atoms with Gasteiger partial charge in [-0.2, -0.15) is 13.5 Å². The average molecular weight is 505 g/mol. The van der Waals surface area contributed by atoms with E-state index >= 15 is 0 Å². The topological polar surface area (TPSA) is 162 Å². The van der Waals surface area contributed by atoms with Crippen molar-refractivity contribution >= 4 is 55.0 Å². The predicted molar refractivity (Wildman–Crippen MR) is 140 cm³/mol. The zero-order chi connectivity index (χ0) is 26.0. The van der Waals surface area contributed by atoms with E-state index in [1.165, 1.54) is 18.2 Å². The molecule has 0 saturated carbocycles. The summed E-state index contributed by atoms with van der Waals surface area (Å²) >= 11 is 0. The second-order valence-electron chi connectivity index (χ2n) is 8.08. The highest BCUT2D eigenvalue weighted by molar-refractivity contribution is 7.86. The third-order valence-electron chi connectivity index (χ3n) is 5.63. The first kappa shape index (κ1) is 24.8. The number of benzene rings is 4. The number of aromatic hydroxyl groups is 1. The van der Waals surface area contributed by atoms with Gasteiger partial charge in [-0.1, -0.05) is 24.3 Å². The maximum Gasteiger partial charge on any atom is 0.296 e. The third-order valence-corrected chi connectivity index (χ3v) is 6.53. The van der Waals surface area contributed by atoms with Crippen LogP contribution in [0.5, 0.6) is 5.75 Å². The second-order valence-corrected chi connectivity index (χ2v) is 9.47. The Morgan fingerprint density at radius 3 is 2.25 bits per heavy atom. The van der Waals surface area contributed by atoms with Crippen molar-refractivity contribution in [3.63, 3.8) is 0 Å². The summed E-state index contributed by atoms with van der Waals surface area (Å²) in [4.78, 5) is -0.382. The van der Waals surface area contributed by atoms with Gasteiger partial charge in [-0.3, -0.25) is 4.55 Å². The Labute approximate surface area is 208 Å². The Bertz CT molecular complexity index is 1650. The Hall–Kier alpha value is -4.35. The highest BCUT2D eigenvalue weighted by Gasteiger charge is 2.17. The van der Waals surface area contributed by atoms with Crippen LogP contribution in [0.15, 0.2) is 86.0 Å². The normalized spacial score (nSPS) is 12.1. The summed E-state index contributed by atoms with van der Waals surface area (Å²) in [6, 6.07) is 16.5. The molecule has 5 N–H and O–H groups in total. The Morgan fingerprint density at radius 1 is 0.833 bits per heavy atom. The van der Waals surface area contributed by atoms with Gasteiger partial charge in [0.05, 0.1) is 16.8 Å². The molecule has 0 amide bonds. The smallest absolute Gasteiger partial charge is 0.296 e. The van der Waals surface area contributed by atoms with Crippen LogP contribution >= 0.6 is 0 Å². The first-order valence-corrected chi connectivity index (χ1v) is 12.3. The van der Waals surface area contributed by atoms with E-state index in [1.807, 2.05) is 38.2 Å². The quantitative estimate of drug-likeness (QED) is 0.127. The number of rotatable bonds is 6. The molecular weight excluding hydrogens is 480 g/mol. The molecule has 0 saturated heterocycles. The van der Waals surface area contributed by atoms with Gasteiger partial charge in [0, 0.05) is 12.7 Å². The van der Waals surface area contributed by atoms with Crippen LogP contribution in [-0.4, -0.2) is 25.1 Å². The Kier molecular flexibility index (Phi) is 6.69. The van der Waals surface area contributed by atoms with Gasteiger partial charge in [0.25, 0.3) is 10.1 Å². The number of azo groups is 2. The number of nitrogen functional groups attached to an aromatic ring is 1. The van der Waals surface area contributed by atoms with Gasteiger partial charge in [-0.05, 0) is 66.8 Å². The predicted octanol–water partition coefficient (Wildman–Crippen LogP) is 6.86. The van der Waals surface area contributed by atoms with Crippen LogP contribution in [0.25, 0.3) is 10.8 Å². The molecule has 4 aromatic rings. The van der Waals surface area contributed by atoms with Crippen molar-refractivity contribution < 1.29 is 18.1 Å². The van der Waals surface area contributed by atoms with Crippen LogP contribution in [0.2, 0.25) is 0 Å².